The number of aliphatic hydroxyl groups is 1. The number of esters is 1. The number of aliphatic hydroxyl groups excluding tert-OH is 1. The fraction of sp³-hybridized carbons (Fsp3) is 0.923. The van der Waals surface area contributed by atoms with Gasteiger partial charge in [-0.25, -0.2) is 4.79 Å². The van der Waals surface area contributed by atoms with E-state index in [1.165, 1.54) is 45.4 Å². The van der Waals surface area contributed by atoms with Crippen LogP contribution in [-0.4, -0.2) is 23.8 Å². The molecule has 0 aliphatic rings. The monoisotopic (exact) mass is 254 g/mol. The number of rotatable bonds is 10. The summed E-state index contributed by atoms with van der Waals surface area (Å²) in [6.07, 6.45) is 8.82. The van der Waals surface area contributed by atoms with E-state index in [1.54, 1.807) is 0 Å². The topological polar surface area (TPSA) is 46.5 Å². The first kappa shape index (κ1) is 19.8. The SMILES string of the molecule is CCCCCCCCCCOC(=O)C(C)O.[H-].[Na+]. The molecule has 0 aromatic carbocycles. The Bertz CT molecular complexity index is 178. The van der Waals surface area contributed by atoms with E-state index in [-0.39, 0.29) is 31.0 Å². The van der Waals surface area contributed by atoms with E-state index in [0.29, 0.717) is 6.61 Å². The molecule has 98 valence electrons. The Morgan fingerprint density at radius 2 is 1.59 bits per heavy atom. The van der Waals surface area contributed by atoms with Crippen LogP contribution >= 0.6 is 0 Å². The Kier molecular flexibility index (Phi) is 16.8. The average Bonchev–Trinajstić information content (AvgIpc) is 2.26. The summed E-state index contributed by atoms with van der Waals surface area (Å²) in [4.78, 5) is 10.9. The minimum Gasteiger partial charge on any atom is -1.00 e. The Hall–Kier alpha value is 0.430. The largest absolute Gasteiger partial charge is 1.00 e. The summed E-state index contributed by atoms with van der Waals surface area (Å²) in [5.74, 6) is -0.511. The van der Waals surface area contributed by atoms with Gasteiger partial charge in [0.05, 0.1) is 6.61 Å². The Balaban J connectivity index is -0.00000112. The third-order valence-electron chi connectivity index (χ3n) is 2.58. The Morgan fingerprint density at radius 1 is 1.12 bits per heavy atom. The zero-order valence-electron chi connectivity index (χ0n) is 12.7. The zero-order valence-corrected chi connectivity index (χ0v) is 13.7. The molecular weight excluding hydrogens is 227 g/mol. The van der Waals surface area contributed by atoms with Gasteiger partial charge in [-0.3, -0.25) is 0 Å². The standard InChI is InChI=1S/C13H26O3.Na.H/c1-3-4-5-6-7-8-9-10-11-16-13(15)12(2)14;;/h12,14H,3-11H2,1-2H3;;/q;+1;-1. The molecule has 0 aliphatic carbocycles. The van der Waals surface area contributed by atoms with E-state index in [0.717, 1.165) is 12.8 Å². The number of carbonyl (C=O) groups is 1. The summed E-state index contributed by atoms with van der Waals surface area (Å²) in [6, 6.07) is 0. The van der Waals surface area contributed by atoms with Crippen LogP contribution in [0.15, 0.2) is 0 Å². The molecule has 0 rings (SSSR count). The summed E-state index contributed by atoms with van der Waals surface area (Å²) in [5.41, 5.74) is 0. The summed E-state index contributed by atoms with van der Waals surface area (Å²) < 4.78 is 4.86. The predicted molar refractivity (Wildman–Crippen MR) is 66.4 cm³/mol. The summed E-state index contributed by atoms with van der Waals surface area (Å²) in [5, 5.41) is 8.87. The van der Waals surface area contributed by atoms with Crippen molar-refractivity contribution in [3.8, 4) is 0 Å². The quantitative estimate of drug-likeness (QED) is 0.343. The molecule has 0 aromatic rings. The molecule has 0 spiro atoms. The van der Waals surface area contributed by atoms with Gasteiger partial charge in [0, 0.05) is 0 Å². The van der Waals surface area contributed by atoms with Crippen LogP contribution < -0.4 is 29.6 Å². The van der Waals surface area contributed by atoms with Crippen LogP contribution in [-0.2, 0) is 9.53 Å². The van der Waals surface area contributed by atoms with Crippen molar-refractivity contribution in [1.29, 1.82) is 0 Å². The van der Waals surface area contributed by atoms with Gasteiger partial charge >= 0.3 is 35.5 Å². The number of hydrogen-bond donors (Lipinski definition) is 1. The van der Waals surface area contributed by atoms with Crippen molar-refractivity contribution < 1.29 is 45.6 Å². The van der Waals surface area contributed by atoms with Crippen molar-refractivity contribution in [3.63, 3.8) is 0 Å². The van der Waals surface area contributed by atoms with Crippen LogP contribution in [0.2, 0.25) is 0 Å². The first-order valence-corrected chi connectivity index (χ1v) is 6.53. The van der Waals surface area contributed by atoms with Gasteiger partial charge < -0.3 is 11.3 Å². The second-order valence-corrected chi connectivity index (χ2v) is 4.32. The summed E-state index contributed by atoms with van der Waals surface area (Å²) in [7, 11) is 0. The van der Waals surface area contributed by atoms with Gasteiger partial charge in [-0.15, -0.1) is 0 Å². The van der Waals surface area contributed by atoms with Crippen molar-refractivity contribution in [3.05, 3.63) is 0 Å². The van der Waals surface area contributed by atoms with Crippen LogP contribution in [0.25, 0.3) is 0 Å². The summed E-state index contributed by atoms with van der Waals surface area (Å²) in [6.45, 7) is 4.09. The molecule has 0 radical (unpaired) electrons. The number of hydrogen-bond acceptors (Lipinski definition) is 3. The predicted octanol–water partition coefficient (Wildman–Crippen LogP) is 0.168. The van der Waals surface area contributed by atoms with Crippen LogP contribution in [0.5, 0.6) is 0 Å². The van der Waals surface area contributed by atoms with Crippen LogP contribution in [0.4, 0.5) is 0 Å². The maximum Gasteiger partial charge on any atom is 1.00 e. The van der Waals surface area contributed by atoms with Crippen molar-refractivity contribution in [2.45, 2.75) is 71.3 Å². The molecule has 0 saturated carbocycles. The van der Waals surface area contributed by atoms with Gasteiger partial charge in [0.15, 0.2) is 0 Å². The number of unbranched alkanes of at least 4 members (excludes halogenated alkanes) is 7. The maximum absolute atomic E-state index is 10.9. The second-order valence-electron chi connectivity index (χ2n) is 4.32. The minimum absolute atomic E-state index is 0. The Morgan fingerprint density at radius 3 is 2.06 bits per heavy atom. The molecule has 3 nitrogen and oxygen atoms in total. The van der Waals surface area contributed by atoms with Gasteiger partial charge in [0.2, 0.25) is 0 Å². The molecule has 1 atom stereocenters. The van der Waals surface area contributed by atoms with E-state index in [9.17, 15) is 4.79 Å². The first-order chi connectivity index (χ1) is 7.68. The molecule has 4 heteroatoms. The molecule has 0 bridgehead atoms. The second kappa shape index (κ2) is 14.5. The molecule has 0 aliphatic heterocycles. The third kappa shape index (κ3) is 14.4. The van der Waals surface area contributed by atoms with Gasteiger partial charge in [0.25, 0.3) is 0 Å². The summed E-state index contributed by atoms with van der Waals surface area (Å²) >= 11 is 0. The minimum atomic E-state index is -0.992. The van der Waals surface area contributed by atoms with Crippen molar-refractivity contribution in [2.24, 2.45) is 0 Å². The van der Waals surface area contributed by atoms with Gasteiger partial charge in [-0.05, 0) is 13.3 Å². The molecule has 0 amide bonds. The van der Waals surface area contributed by atoms with E-state index < -0.39 is 12.1 Å². The fourth-order valence-corrected chi connectivity index (χ4v) is 1.53. The van der Waals surface area contributed by atoms with E-state index in [2.05, 4.69) is 6.92 Å². The third-order valence-corrected chi connectivity index (χ3v) is 2.58. The molecule has 17 heavy (non-hydrogen) atoms. The normalized spacial score (nSPS) is 11.7. The molecule has 1 unspecified atom stereocenters. The van der Waals surface area contributed by atoms with Crippen LogP contribution in [0.3, 0.4) is 0 Å². The number of ether oxygens (including phenoxy) is 1. The van der Waals surface area contributed by atoms with E-state index in [1.807, 2.05) is 0 Å². The molecular formula is C13H27NaO3. The first-order valence-electron chi connectivity index (χ1n) is 6.53. The average molecular weight is 254 g/mol. The maximum atomic E-state index is 10.9. The molecule has 1 N–H and O–H groups in total. The van der Waals surface area contributed by atoms with Crippen molar-refractivity contribution >= 4 is 5.97 Å². The van der Waals surface area contributed by atoms with Crippen LogP contribution in [0.1, 0.15) is 66.6 Å². The smallest absolute Gasteiger partial charge is 1.00 e. The molecule has 0 fully saturated rings. The van der Waals surface area contributed by atoms with Gasteiger partial charge in [-0.2, -0.15) is 0 Å². The molecule has 0 saturated heterocycles. The Labute approximate surface area is 129 Å². The van der Waals surface area contributed by atoms with E-state index >= 15 is 0 Å². The molecule has 0 aromatic heterocycles. The van der Waals surface area contributed by atoms with E-state index in [4.69, 9.17) is 9.84 Å². The fourth-order valence-electron chi connectivity index (χ4n) is 1.53. The van der Waals surface area contributed by atoms with Gasteiger partial charge in [-0.1, -0.05) is 51.9 Å². The van der Waals surface area contributed by atoms with Gasteiger partial charge in [0.1, 0.15) is 6.10 Å². The molecule has 0 heterocycles. The van der Waals surface area contributed by atoms with Crippen LogP contribution in [0, 0.1) is 0 Å². The zero-order chi connectivity index (χ0) is 12.2. The van der Waals surface area contributed by atoms with Crippen molar-refractivity contribution in [2.75, 3.05) is 6.61 Å². The number of carbonyl (C=O) groups excluding carboxylic acids is 1. The van der Waals surface area contributed by atoms with Crippen molar-refractivity contribution in [1.82, 2.24) is 0 Å².